The van der Waals surface area contributed by atoms with Gasteiger partial charge in [-0.15, -0.1) is 0 Å². The summed E-state index contributed by atoms with van der Waals surface area (Å²) in [6.07, 6.45) is 3.78. The molecule has 2 rings (SSSR count). The molecule has 18 heavy (non-hydrogen) atoms. The number of rotatable bonds is 2. The van der Waals surface area contributed by atoms with Crippen molar-refractivity contribution in [3.8, 4) is 0 Å². The molecule has 0 radical (unpaired) electrons. The zero-order valence-electron chi connectivity index (χ0n) is 11.2. The van der Waals surface area contributed by atoms with Gasteiger partial charge in [-0.05, 0) is 26.2 Å². The van der Waals surface area contributed by atoms with Gasteiger partial charge in [0.1, 0.15) is 6.61 Å². The summed E-state index contributed by atoms with van der Waals surface area (Å²) in [6.45, 7) is 6.13. The molecule has 1 saturated heterocycles. The largest absolute Gasteiger partial charge is 0.462 e. The molecular weight excluding hydrogens is 232 g/mol. The third-order valence-corrected chi connectivity index (χ3v) is 3.72. The number of cyclic esters (lactones) is 1. The van der Waals surface area contributed by atoms with Crippen molar-refractivity contribution in [1.29, 1.82) is 0 Å². The van der Waals surface area contributed by atoms with Crippen molar-refractivity contribution in [2.75, 3.05) is 6.61 Å². The quantitative estimate of drug-likeness (QED) is 0.558. The van der Waals surface area contributed by atoms with E-state index < -0.39 is 17.5 Å². The van der Waals surface area contributed by atoms with Crippen molar-refractivity contribution < 1.29 is 19.1 Å². The fourth-order valence-corrected chi connectivity index (χ4v) is 2.33. The van der Waals surface area contributed by atoms with Gasteiger partial charge in [-0.2, -0.15) is 0 Å². The van der Waals surface area contributed by atoms with E-state index in [2.05, 4.69) is 13.0 Å². The average molecular weight is 252 g/mol. The lowest BCUT2D eigenvalue weighted by atomic mass is 9.88. The molecule has 1 fully saturated rings. The second-order valence-corrected chi connectivity index (χ2v) is 5.93. The monoisotopic (exact) mass is 252 g/mol. The Bertz CT molecular complexity index is 395. The molecule has 4 nitrogen and oxygen atoms in total. The fraction of sp³-hybridized carbons (Fsp3) is 0.714. The summed E-state index contributed by atoms with van der Waals surface area (Å²) in [5.41, 5.74) is 0.896. The maximum Gasteiger partial charge on any atom is 0.348 e. The zero-order chi connectivity index (χ0) is 13.3. The molecule has 1 aliphatic heterocycles. The second kappa shape index (κ2) is 4.75. The smallest absolute Gasteiger partial charge is 0.348 e. The van der Waals surface area contributed by atoms with E-state index in [1.54, 1.807) is 0 Å². The molecule has 0 aromatic rings. The van der Waals surface area contributed by atoms with Gasteiger partial charge in [0, 0.05) is 5.41 Å². The van der Waals surface area contributed by atoms with Gasteiger partial charge in [0.15, 0.2) is 0 Å². The van der Waals surface area contributed by atoms with Crippen molar-refractivity contribution >= 4 is 11.9 Å². The standard InChI is InChI=1S/C14H20O4/c1-9-4-6-10(7-5-9)12(15)18-11-13(16)17-8-14(11,2)3/h4,10-11H,5-8H2,1-3H3/t10-,11+/m0/s1. The first-order valence-corrected chi connectivity index (χ1v) is 6.43. The number of carbonyl (C=O) groups excluding carboxylic acids is 2. The highest BCUT2D eigenvalue weighted by atomic mass is 16.6. The van der Waals surface area contributed by atoms with Gasteiger partial charge in [0.2, 0.25) is 6.10 Å². The Hall–Kier alpha value is -1.32. The van der Waals surface area contributed by atoms with Crippen molar-refractivity contribution in [2.45, 2.75) is 46.1 Å². The van der Waals surface area contributed by atoms with E-state index >= 15 is 0 Å². The van der Waals surface area contributed by atoms with Gasteiger partial charge in [-0.3, -0.25) is 4.79 Å². The van der Waals surface area contributed by atoms with Crippen LogP contribution >= 0.6 is 0 Å². The summed E-state index contributed by atoms with van der Waals surface area (Å²) >= 11 is 0. The summed E-state index contributed by atoms with van der Waals surface area (Å²) in [6, 6.07) is 0. The summed E-state index contributed by atoms with van der Waals surface area (Å²) < 4.78 is 10.3. The molecule has 2 aliphatic rings. The van der Waals surface area contributed by atoms with E-state index in [-0.39, 0.29) is 11.9 Å². The van der Waals surface area contributed by atoms with E-state index in [9.17, 15) is 9.59 Å². The highest BCUT2D eigenvalue weighted by molar-refractivity contribution is 5.82. The number of hydrogen-bond acceptors (Lipinski definition) is 4. The summed E-state index contributed by atoms with van der Waals surface area (Å²) in [4.78, 5) is 23.6. The van der Waals surface area contributed by atoms with Gasteiger partial charge in [-0.25, -0.2) is 4.79 Å². The van der Waals surface area contributed by atoms with Crippen molar-refractivity contribution in [1.82, 2.24) is 0 Å². The summed E-state index contributed by atoms with van der Waals surface area (Å²) in [5.74, 6) is -0.801. The van der Waals surface area contributed by atoms with E-state index in [0.717, 1.165) is 12.8 Å². The highest BCUT2D eigenvalue weighted by Crippen LogP contribution is 2.33. The average Bonchev–Trinajstić information content (AvgIpc) is 2.57. The van der Waals surface area contributed by atoms with Crippen LogP contribution in [0.1, 0.15) is 40.0 Å². The first kappa shape index (κ1) is 13.1. The Morgan fingerprint density at radius 1 is 1.50 bits per heavy atom. The van der Waals surface area contributed by atoms with Crippen molar-refractivity contribution in [2.24, 2.45) is 11.3 Å². The molecule has 0 aromatic carbocycles. The Kier molecular flexibility index (Phi) is 3.46. The second-order valence-electron chi connectivity index (χ2n) is 5.93. The van der Waals surface area contributed by atoms with Gasteiger partial charge in [-0.1, -0.05) is 25.5 Å². The van der Waals surface area contributed by atoms with Crippen LogP contribution in [0.2, 0.25) is 0 Å². The lowest BCUT2D eigenvalue weighted by Crippen LogP contribution is -2.37. The third-order valence-electron chi connectivity index (χ3n) is 3.72. The predicted octanol–water partition coefficient (Wildman–Crippen LogP) is 2.23. The Morgan fingerprint density at radius 2 is 2.22 bits per heavy atom. The fourth-order valence-electron chi connectivity index (χ4n) is 2.33. The van der Waals surface area contributed by atoms with Crippen molar-refractivity contribution in [3.63, 3.8) is 0 Å². The van der Waals surface area contributed by atoms with Crippen molar-refractivity contribution in [3.05, 3.63) is 11.6 Å². The van der Waals surface area contributed by atoms with Crippen LogP contribution in [0.3, 0.4) is 0 Å². The maximum absolute atomic E-state index is 12.0. The van der Waals surface area contributed by atoms with Gasteiger partial charge < -0.3 is 9.47 Å². The molecular formula is C14H20O4. The van der Waals surface area contributed by atoms with Crippen LogP contribution < -0.4 is 0 Å². The molecule has 0 saturated carbocycles. The minimum Gasteiger partial charge on any atom is -0.462 e. The molecule has 0 amide bonds. The van der Waals surface area contributed by atoms with Crippen LogP contribution in [-0.4, -0.2) is 24.6 Å². The molecule has 100 valence electrons. The van der Waals surface area contributed by atoms with Crippen LogP contribution in [0.25, 0.3) is 0 Å². The molecule has 0 N–H and O–H groups in total. The predicted molar refractivity (Wildman–Crippen MR) is 65.7 cm³/mol. The Balaban J connectivity index is 1.97. The number of allylic oxidation sites excluding steroid dienone is 2. The number of carbonyl (C=O) groups is 2. The molecule has 0 spiro atoms. The van der Waals surface area contributed by atoms with E-state index in [1.165, 1.54) is 5.57 Å². The van der Waals surface area contributed by atoms with E-state index in [1.807, 2.05) is 13.8 Å². The highest BCUT2D eigenvalue weighted by Gasteiger charge is 2.47. The van der Waals surface area contributed by atoms with Crippen LogP contribution in [0.15, 0.2) is 11.6 Å². The van der Waals surface area contributed by atoms with Crippen LogP contribution in [-0.2, 0) is 19.1 Å². The number of hydrogen-bond donors (Lipinski definition) is 0. The number of esters is 2. The number of ether oxygens (including phenoxy) is 2. The van der Waals surface area contributed by atoms with Gasteiger partial charge in [0.25, 0.3) is 0 Å². The lowest BCUT2D eigenvalue weighted by Gasteiger charge is -2.25. The molecule has 0 unspecified atom stereocenters. The normalized spacial score (nSPS) is 30.6. The minimum absolute atomic E-state index is 0.113. The minimum atomic E-state index is -0.753. The van der Waals surface area contributed by atoms with Crippen LogP contribution in [0.4, 0.5) is 0 Å². The summed E-state index contributed by atoms with van der Waals surface area (Å²) in [7, 11) is 0. The van der Waals surface area contributed by atoms with Gasteiger partial charge >= 0.3 is 11.9 Å². The molecule has 1 aliphatic carbocycles. The van der Waals surface area contributed by atoms with E-state index in [4.69, 9.17) is 9.47 Å². The molecule has 2 atom stereocenters. The molecule has 0 bridgehead atoms. The SMILES string of the molecule is CC1=CC[C@H](C(=O)O[C@@H]2C(=O)OCC2(C)C)CC1. The Labute approximate surface area is 107 Å². The van der Waals surface area contributed by atoms with Gasteiger partial charge in [0.05, 0.1) is 5.92 Å². The first-order chi connectivity index (χ1) is 8.40. The third kappa shape index (κ3) is 2.57. The molecule has 0 aromatic heterocycles. The Morgan fingerprint density at radius 3 is 2.72 bits per heavy atom. The topological polar surface area (TPSA) is 52.6 Å². The zero-order valence-corrected chi connectivity index (χ0v) is 11.2. The van der Waals surface area contributed by atoms with Crippen LogP contribution in [0, 0.1) is 11.3 Å². The lowest BCUT2D eigenvalue weighted by molar-refractivity contribution is -0.166. The van der Waals surface area contributed by atoms with E-state index in [0.29, 0.717) is 13.0 Å². The molecule has 4 heteroatoms. The maximum atomic E-state index is 12.0. The summed E-state index contributed by atoms with van der Waals surface area (Å²) in [5, 5.41) is 0. The first-order valence-electron chi connectivity index (χ1n) is 6.43. The van der Waals surface area contributed by atoms with Crippen LogP contribution in [0.5, 0.6) is 0 Å². The molecule has 1 heterocycles.